The molecular formula is C17H21BrN2O4. The lowest BCUT2D eigenvalue weighted by Crippen LogP contribution is -2.45. The van der Waals surface area contributed by atoms with Crippen LogP contribution in [0.2, 0.25) is 0 Å². The minimum atomic E-state index is -0.586. The summed E-state index contributed by atoms with van der Waals surface area (Å²) in [6.07, 6.45) is 0.523. The molecule has 7 heteroatoms. The Morgan fingerprint density at radius 2 is 2.12 bits per heavy atom. The van der Waals surface area contributed by atoms with Gasteiger partial charge in [-0.3, -0.25) is 0 Å². The first kappa shape index (κ1) is 18.3. The van der Waals surface area contributed by atoms with Gasteiger partial charge < -0.3 is 20.1 Å². The zero-order valence-corrected chi connectivity index (χ0v) is 15.7. The minimum absolute atomic E-state index is 0.196. The molecule has 0 saturated heterocycles. The van der Waals surface area contributed by atoms with Gasteiger partial charge in [0.15, 0.2) is 0 Å². The monoisotopic (exact) mass is 396 g/mol. The average Bonchev–Trinajstić information content (AvgIpc) is 2.53. The van der Waals surface area contributed by atoms with E-state index in [0.29, 0.717) is 17.0 Å². The predicted octanol–water partition coefficient (Wildman–Crippen LogP) is 3.43. The number of urea groups is 1. The van der Waals surface area contributed by atoms with Crippen LogP contribution in [-0.4, -0.2) is 25.2 Å². The van der Waals surface area contributed by atoms with Crippen LogP contribution in [0.1, 0.15) is 38.8 Å². The molecule has 0 aliphatic carbocycles. The number of esters is 1. The minimum Gasteiger partial charge on any atom is -0.496 e. The van der Waals surface area contributed by atoms with Crippen molar-refractivity contribution < 1.29 is 19.1 Å². The third-order valence-corrected chi connectivity index (χ3v) is 4.50. The number of methoxy groups -OCH3 is 1. The van der Waals surface area contributed by atoms with Gasteiger partial charge in [-0.2, -0.15) is 0 Å². The molecule has 0 fully saturated rings. The van der Waals surface area contributed by atoms with E-state index in [2.05, 4.69) is 26.6 Å². The van der Waals surface area contributed by atoms with Gasteiger partial charge in [-0.25, -0.2) is 9.59 Å². The Kier molecular flexibility index (Phi) is 5.88. The van der Waals surface area contributed by atoms with Gasteiger partial charge in [0.2, 0.25) is 0 Å². The SMILES string of the molecule is CC[C@@H](C)OC(=O)C1=C(C)NC(=O)N[C@H]1c1ccc(OC)c(Br)c1. The number of hydrogen-bond donors (Lipinski definition) is 2. The molecule has 0 aromatic heterocycles. The lowest BCUT2D eigenvalue weighted by Gasteiger charge is -2.29. The van der Waals surface area contributed by atoms with E-state index in [1.165, 1.54) is 0 Å². The number of rotatable bonds is 5. The smallest absolute Gasteiger partial charge is 0.338 e. The zero-order chi connectivity index (χ0) is 17.9. The number of nitrogens with one attached hydrogen (secondary N) is 2. The van der Waals surface area contributed by atoms with Crippen molar-refractivity contribution in [2.45, 2.75) is 39.3 Å². The number of allylic oxidation sites excluding steroid dienone is 1. The first-order valence-electron chi connectivity index (χ1n) is 7.70. The van der Waals surface area contributed by atoms with Gasteiger partial charge in [-0.1, -0.05) is 13.0 Å². The summed E-state index contributed by atoms with van der Waals surface area (Å²) in [4.78, 5) is 24.4. The lowest BCUT2D eigenvalue weighted by molar-refractivity contribution is -0.144. The van der Waals surface area contributed by atoms with Crippen LogP contribution in [0.5, 0.6) is 5.75 Å². The van der Waals surface area contributed by atoms with Crippen molar-refractivity contribution in [3.05, 3.63) is 39.5 Å². The van der Waals surface area contributed by atoms with Crippen molar-refractivity contribution in [1.82, 2.24) is 10.6 Å². The summed E-state index contributed by atoms with van der Waals surface area (Å²) in [6, 6.07) is 4.46. The second-order valence-electron chi connectivity index (χ2n) is 5.59. The Bertz CT molecular complexity index is 687. The van der Waals surface area contributed by atoms with Crippen LogP contribution in [0.3, 0.4) is 0 Å². The van der Waals surface area contributed by atoms with E-state index in [1.54, 1.807) is 20.1 Å². The zero-order valence-electron chi connectivity index (χ0n) is 14.1. The molecule has 2 rings (SSSR count). The number of hydrogen-bond acceptors (Lipinski definition) is 4. The molecule has 0 bridgehead atoms. The maximum absolute atomic E-state index is 12.6. The molecule has 1 aromatic rings. The molecule has 130 valence electrons. The number of carbonyl (C=O) groups excluding carboxylic acids is 2. The van der Waals surface area contributed by atoms with Crippen molar-refractivity contribution in [3.63, 3.8) is 0 Å². The highest BCUT2D eigenvalue weighted by Crippen LogP contribution is 2.33. The van der Waals surface area contributed by atoms with Gasteiger partial charge in [0.05, 0.1) is 29.3 Å². The highest BCUT2D eigenvalue weighted by molar-refractivity contribution is 9.10. The van der Waals surface area contributed by atoms with Crippen LogP contribution in [0.25, 0.3) is 0 Å². The molecule has 0 unspecified atom stereocenters. The molecule has 6 nitrogen and oxygen atoms in total. The average molecular weight is 397 g/mol. The quantitative estimate of drug-likeness (QED) is 0.747. The van der Waals surface area contributed by atoms with Crippen molar-refractivity contribution in [3.8, 4) is 5.75 Å². The molecule has 1 heterocycles. The number of amides is 2. The molecule has 0 saturated carbocycles. The topological polar surface area (TPSA) is 76.7 Å². The predicted molar refractivity (Wildman–Crippen MR) is 93.6 cm³/mol. The fourth-order valence-electron chi connectivity index (χ4n) is 2.41. The molecule has 1 aromatic carbocycles. The second kappa shape index (κ2) is 7.70. The van der Waals surface area contributed by atoms with Crippen LogP contribution in [0.4, 0.5) is 4.79 Å². The molecular weight excluding hydrogens is 376 g/mol. The van der Waals surface area contributed by atoms with Crippen molar-refractivity contribution in [2.24, 2.45) is 0 Å². The van der Waals surface area contributed by atoms with E-state index >= 15 is 0 Å². The van der Waals surface area contributed by atoms with Gasteiger partial charge in [0, 0.05) is 5.70 Å². The fraction of sp³-hybridized carbons (Fsp3) is 0.412. The van der Waals surface area contributed by atoms with E-state index in [9.17, 15) is 9.59 Å². The Labute approximate surface area is 149 Å². The maximum Gasteiger partial charge on any atom is 0.338 e. The number of halogens is 1. The Hall–Kier alpha value is -2.02. The van der Waals surface area contributed by atoms with Crippen LogP contribution in [-0.2, 0) is 9.53 Å². The summed E-state index contributed by atoms with van der Waals surface area (Å²) in [5.41, 5.74) is 1.64. The molecule has 2 atom stereocenters. The summed E-state index contributed by atoms with van der Waals surface area (Å²) >= 11 is 3.43. The molecule has 0 spiro atoms. The normalized spacial score (nSPS) is 18.5. The standard InChI is InChI=1S/C17H21BrN2O4/c1-5-9(2)24-16(21)14-10(3)19-17(22)20-15(14)11-6-7-13(23-4)12(18)8-11/h6-9,15H,5H2,1-4H3,(H2,19,20,22)/t9-,15+/m1/s1. The van der Waals surface area contributed by atoms with Gasteiger partial charge in [-0.15, -0.1) is 0 Å². The second-order valence-corrected chi connectivity index (χ2v) is 6.44. The van der Waals surface area contributed by atoms with Crippen LogP contribution in [0.15, 0.2) is 33.9 Å². The summed E-state index contributed by atoms with van der Waals surface area (Å²) < 4.78 is 11.4. The number of benzene rings is 1. The Balaban J connectivity index is 2.41. The van der Waals surface area contributed by atoms with Crippen molar-refractivity contribution in [2.75, 3.05) is 7.11 Å². The third-order valence-electron chi connectivity index (χ3n) is 3.88. The first-order valence-corrected chi connectivity index (χ1v) is 8.49. The van der Waals surface area contributed by atoms with Crippen molar-refractivity contribution in [1.29, 1.82) is 0 Å². The molecule has 1 aliphatic heterocycles. The van der Waals surface area contributed by atoms with Gasteiger partial charge in [-0.05, 0) is 53.9 Å². The van der Waals surface area contributed by atoms with E-state index in [-0.39, 0.29) is 12.1 Å². The first-order chi connectivity index (χ1) is 11.4. The summed E-state index contributed by atoms with van der Waals surface area (Å²) in [6.45, 7) is 5.47. The largest absolute Gasteiger partial charge is 0.496 e. The Morgan fingerprint density at radius 1 is 1.42 bits per heavy atom. The van der Waals surface area contributed by atoms with Gasteiger partial charge in [0.1, 0.15) is 5.75 Å². The third kappa shape index (κ3) is 3.90. The number of carbonyl (C=O) groups is 2. The van der Waals surface area contributed by atoms with E-state index in [1.807, 2.05) is 26.0 Å². The van der Waals surface area contributed by atoms with Gasteiger partial charge >= 0.3 is 12.0 Å². The lowest BCUT2D eigenvalue weighted by atomic mass is 9.95. The molecule has 24 heavy (non-hydrogen) atoms. The number of ether oxygens (including phenoxy) is 2. The van der Waals surface area contributed by atoms with Crippen molar-refractivity contribution >= 4 is 27.9 Å². The summed E-state index contributed by atoms with van der Waals surface area (Å²) in [5.74, 6) is 0.231. The van der Waals surface area contributed by atoms with Gasteiger partial charge in [0.25, 0.3) is 0 Å². The highest BCUT2D eigenvalue weighted by Gasteiger charge is 2.33. The van der Waals surface area contributed by atoms with Crippen LogP contribution in [0, 0.1) is 0 Å². The highest BCUT2D eigenvalue weighted by atomic mass is 79.9. The molecule has 0 radical (unpaired) electrons. The molecule has 2 N–H and O–H groups in total. The molecule has 1 aliphatic rings. The Morgan fingerprint density at radius 3 is 2.71 bits per heavy atom. The van der Waals surface area contributed by atoms with E-state index in [4.69, 9.17) is 9.47 Å². The van der Waals surface area contributed by atoms with Crippen LogP contribution < -0.4 is 15.4 Å². The molecule has 2 amide bonds. The maximum atomic E-state index is 12.6. The van der Waals surface area contributed by atoms with E-state index < -0.39 is 12.0 Å². The van der Waals surface area contributed by atoms with Crippen LogP contribution >= 0.6 is 15.9 Å². The summed E-state index contributed by atoms with van der Waals surface area (Å²) in [5, 5.41) is 5.41. The fourth-order valence-corrected chi connectivity index (χ4v) is 2.96. The summed E-state index contributed by atoms with van der Waals surface area (Å²) in [7, 11) is 1.57. The van der Waals surface area contributed by atoms with E-state index in [0.717, 1.165) is 16.5 Å².